The van der Waals surface area contributed by atoms with Crippen LogP contribution in [0.15, 0.2) is 30.6 Å². The van der Waals surface area contributed by atoms with Crippen molar-refractivity contribution >= 4 is 5.78 Å². The molecule has 0 N–H and O–H groups in total. The smallest absolute Gasteiger partial charge is 0.166 e. The van der Waals surface area contributed by atoms with Crippen molar-refractivity contribution in [3.8, 4) is 0 Å². The highest BCUT2D eigenvalue weighted by atomic mass is 16.1. The fourth-order valence-corrected chi connectivity index (χ4v) is 2.99. The van der Waals surface area contributed by atoms with Gasteiger partial charge in [-0.1, -0.05) is 24.3 Å². The van der Waals surface area contributed by atoms with E-state index in [9.17, 15) is 4.79 Å². The van der Waals surface area contributed by atoms with Crippen molar-refractivity contribution in [2.24, 2.45) is 5.92 Å². The summed E-state index contributed by atoms with van der Waals surface area (Å²) in [5, 5.41) is 4.19. The Hall–Kier alpha value is -1.97. The lowest BCUT2D eigenvalue weighted by molar-refractivity contribution is 0.0913. The number of aryl methyl sites for hydroxylation is 2. The second-order valence-corrected chi connectivity index (χ2v) is 5.31. The number of ketones is 1. The van der Waals surface area contributed by atoms with Crippen LogP contribution in [-0.2, 0) is 19.4 Å². The molecular weight excluding hydrogens is 250 g/mol. The Bertz CT molecular complexity index is 618. The number of hydrogen-bond donors (Lipinski definition) is 0. The average Bonchev–Trinajstić information content (AvgIpc) is 2.86. The Labute approximate surface area is 118 Å². The molecule has 0 radical (unpaired) electrons. The van der Waals surface area contributed by atoms with Gasteiger partial charge in [0.05, 0.1) is 0 Å². The standard InChI is InChI=1S/C16H19N3O/c1-2-19-15(17-11-18-19)10-13-8-5-7-12-6-3-4-9-14(12)16(13)20/h3-4,6,9,11,13H,2,5,7-8,10H2,1H3. The van der Waals surface area contributed by atoms with E-state index in [0.29, 0.717) is 6.42 Å². The van der Waals surface area contributed by atoms with Crippen LogP contribution in [0.2, 0.25) is 0 Å². The second-order valence-electron chi connectivity index (χ2n) is 5.31. The summed E-state index contributed by atoms with van der Waals surface area (Å²) in [5.74, 6) is 1.22. The molecule has 1 aromatic carbocycles. The third kappa shape index (κ3) is 2.38. The van der Waals surface area contributed by atoms with Gasteiger partial charge in [-0.05, 0) is 31.7 Å². The zero-order valence-electron chi connectivity index (χ0n) is 11.7. The number of aromatic nitrogens is 3. The first-order chi connectivity index (χ1) is 9.79. The molecule has 1 heterocycles. The number of Topliss-reactive ketones (excluding diaryl/α,β-unsaturated/α-hetero) is 1. The highest BCUT2D eigenvalue weighted by molar-refractivity contribution is 5.99. The zero-order chi connectivity index (χ0) is 13.9. The normalized spacial score (nSPS) is 18.6. The van der Waals surface area contributed by atoms with Crippen LogP contribution in [0.1, 0.15) is 41.5 Å². The summed E-state index contributed by atoms with van der Waals surface area (Å²) in [5.41, 5.74) is 2.09. The van der Waals surface area contributed by atoms with Crippen molar-refractivity contribution < 1.29 is 4.79 Å². The van der Waals surface area contributed by atoms with Crippen LogP contribution in [0.25, 0.3) is 0 Å². The Kier molecular flexibility index (Phi) is 3.63. The quantitative estimate of drug-likeness (QED) is 0.805. The Morgan fingerprint density at radius 2 is 2.20 bits per heavy atom. The molecule has 4 heteroatoms. The summed E-state index contributed by atoms with van der Waals surface area (Å²) < 4.78 is 1.88. The highest BCUT2D eigenvalue weighted by Crippen LogP contribution is 2.26. The predicted octanol–water partition coefficient (Wildman–Crippen LogP) is 2.68. The lowest BCUT2D eigenvalue weighted by Gasteiger charge is -2.13. The summed E-state index contributed by atoms with van der Waals surface area (Å²) in [7, 11) is 0. The fourth-order valence-electron chi connectivity index (χ4n) is 2.99. The molecule has 1 aliphatic carbocycles. The van der Waals surface area contributed by atoms with Crippen molar-refractivity contribution in [2.45, 2.75) is 39.2 Å². The molecule has 0 bridgehead atoms. The molecule has 0 spiro atoms. The third-order valence-corrected chi connectivity index (χ3v) is 4.08. The van der Waals surface area contributed by atoms with Crippen molar-refractivity contribution in [3.63, 3.8) is 0 Å². The molecule has 0 aliphatic heterocycles. The van der Waals surface area contributed by atoms with Crippen LogP contribution in [-0.4, -0.2) is 20.5 Å². The molecule has 0 amide bonds. The van der Waals surface area contributed by atoms with Crippen LogP contribution in [0, 0.1) is 5.92 Å². The summed E-state index contributed by atoms with van der Waals surface area (Å²) in [6.07, 6.45) is 5.27. The molecule has 0 saturated heterocycles. The Morgan fingerprint density at radius 3 is 3.05 bits per heavy atom. The lowest BCUT2D eigenvalue weighted by atomic mass is 9.92. The van der Waals surface area contributed by atoms with E-state index >= 15 is 0 Å². The van der Waals surface area contributed by atoms with Gasteiger partial charge in [0.25, 0.3) is 0 Å². The van der Waals surface area contributed by atoms with Crippen molar-refractivity contribution in [1.82, 2.24) is 14.8 Å². The van der Waals surface area contributed by atoms with Crippen molar-refractivity contribution in [3.05, 3.63) is 47.5 Å². The second kappa shape index (κ2) is 5.57. The maximum absolute atomic E-state index is 12.7. The van der Waals surface area contributed by atoms with Gasteiger partial charge in [0, 0.05) is 24.4 Å². The zero-order valence-corrected chi connectivity index (χ0v) is 11.7. The van der Waals surface area contributed by atoms with E-state index in [-0.39, 0.29) is 11.7 Å². The Balaban J connectivity index is 1.86. The van der Waals surface area contributed by atoms with E-state index in [2.05, 4.69) is 16.1 Å². The third-order valence-electron chi connectivity index (χ3n) is 4.08. The van der Waals surface area contributed by atoms with Crippen LogP contribution in [0.3, 0.4) is 0 Å². The van der Waals surface area contributed by atoms with E-state index in [1.807, 2.05) is 29.8 Å². The maximum atomic E-state index is 12.7. The molecule has 2 aromatic rings. The van der Waals surface area contributed by atoms with E-state index < -0.39 is 0 Å². The first-order valence-electron chi connectivity index (χ1n) is 7.28. The van der Waals surface area contributed by atoms with Crippen molar-refractivity contribution in [2.75, 3.05) is 0 Å². The first-order valence-corrected chi connectivity index (χ1v) is 7.28. The van der Waals surface area contributed by atoms with Gasteiger partial charge in [-0.15, -0.1) is 0 Å². The number of carbonyl (C=O) groups is 1. The minimum Gasteiger partial charge on any atom is -0.294 e. The number of fused-ring (bicyclic) bond motifs is 1. The van der Waals surface area contributed by atoms with Gasteiger partial charge in [0.1, 0.15) is 12.2 Å². The minimum absolute atomic E-state index is 0.0353. The topological polar surface area (TPSA) is 47.8 Å². The molecule has 3 rings (SSSR count). The monoisotopic (exact) mass is 269 g/mol. The molecule has 1 aliphatic rings. The summed E-state index contributed by atoms with van der Waals surface area (Å²) in [4.78, 5) is 17.0. The molecule has 1 atom stereocenters. The van der Waals surface area contributed by atoms with Crippen LogP contribution < -0.4 is 0 Å². The van der Waals surface area contributed by atoms with E-state index in [1.54, 1.807) is 6.33 Å². The van der Waals surface area contributed by atoms with Gasteiger partial charge >= 0.3 is 0 Å². The molecule has 4 nitrogen and oxygen atoms in total. The van der Waals surface area contributed by atoms with Gasteiger partial charge < -0.3 is 0 Å². The van der Waals surface area contributed by atoms with E-state index in [0.717, 1.165) is 37.2 Å². The van der Waals surface area contributed by atoms with Crippen LogP contribution >= 0.6 is 0 Å². The van der Waals surface area contributed by atoms with Crippen LogP contribution in [0.4, 0.5) is 0 Å². The lowest BCUT2D eigenvalue weighted by Crippen LogP contribution is -2.19. The van der Waals surface area contributed by atoms with Gasteiger partial charge in [-0.25, -0.2) is 4.98 Å². The largest absolute Gasteiger partial charge is 0.294 e. The fraction of sp³-hybridized carbons (Fsp3) is 0.438. The summed E-state index contributed by atoms with van der Waals surface area (Å²) >= 11 is 0. The number of nitrogens with zero attached hydrogens (tertiary/aromatic N) is 3. The molecule has 104 valence electrons. The highest BCUT2D eigenvalue weighted by Gasteiger charge is 2.26. The average molecular weight is 269 g/mol. The maximum Gasteiger partial charge on any atom is 0.166 e. The molecule has 1 aromatic heterocycles. The number of carbonyl (C=O) groups excluding carboxylic acids is 1. The number of hydrogen-bond acceptors (Lipinski definition) is 3. The van der Waals surface area contributed by atoms with E-state index in [1.165, 1.54) is 5.56 Å². The predicted molar refractivity (Wildman–Crippen MR) is 76.6 cm³/mol. The Morgan fingerprint density at radius 1 is 1.35 bits per heavy atom. The van der Waals surface area contributed by atoms with Gasteiger partial charge in [0.15, 0.2) is 5.78 Å². The number of rotatable bonds is 3. The summed E-state index contributed by atoms with van der Waals surface area (Å²) in [6.45, 7) is 2.84. The molecule has 20 heavy (non-hydrogen) atoms. The van der Waals surface area contributed by atoms with Crippen LogP contribution in [0.5, 0.6) is 0 Å². The molecule has 1 unspecified atom stereocenters. The summed E-state index contributed by atoms with van der Waals surface area (Å²) in [6, 6.07) is 8.00. The van der Waals surface area contributed by atoms with E-state index in [4.69, 9.17) is 0 Å². The molecular formula is C16H19N3O. The van der Waals surface area contributed by atoms with Gasteiger partial charge in [-0.3, -0.25) is 9.48 Å². The molecule has 0 fully saturated rings. The van der Waals surface area contributed by atoms with Gasteiger partial charge in [-0.2, -0.15) is 5.10 Å². The minimum atomic E-state index is 0.0353. The van der Waals surface area contributed by atoms with Crippen molar-refractivity contribution in [1.29, 1.82) is 0 Å². The molecule has 0 saturated carbocycles. The first kappa shape index (κ1) is 13.0. The number of benzene rings is 1. The van der Waals surface area contributed by atoms with Gasteiger partial charge in [0.2, 0.25) is 0 Å². The SMILES string of the molecule is CCn1ncnc1CC1CCCc2ccccc2C1=O.